The van der Waals surface area contributed by atoms with E-state index < -0.39 is 0 Å². The van der Waals surface area contributed by atoms with Crippen LogP contribution in [0.1, 0.15) is 33.1 Å². The van der Waals surface area contributed by atoms with Crippen LogP contribution in [0.2, 0.25) is 0 Å². The van der Waals surface area contributed by atoms with Crippen LogP contribution in [0.5, 0.6) is 0 Å². The summed E-state index contributed by atoms with van der Waals surface area (Å²) in [6.07, 6.45) is 3.19. The van der Waals surface area contributed by atoms with Crippen molar-refractivity contribution >= 4 is 5.91 Å². The zero-order chi connectivity index (χ0) is 11.8. The van der Waals surface area contributed by atoms with E-state index in [0.29, 0.717) is 18.5 Å². The van der Waals surface area contributed by atoms with Crippen molar-refractivity contribution in [3.8, 4) is 0 Å². The van der Waals surface area contributed by atoms with Crippen molar-refractivity contribution in [2.75, 3.05) is 26.3 Å². The summed E-state index contributed by atoms with van der Waals surface area (Å²) in [5, 5.41) is 6.16. The SMILES string of the molecule is CCC(C)NCC(=O)NCC1CCOCC1. The second-order valence-corrected chi connectivity index (χ2v) is 4.55. The molecule has 16 heavy (non-hydrogen) atoms. The number of nitrogens with one attached hydrogen (secondary N) is 2. The highest BCUT2D eigenvalue weighted by Crippen LogP contribution is 2.12. The number of carbonyl (C=O) groups is 1. The largest absolute Gasteiger partial charge is 0.381 e. The van der Waals surface area contributed by atoms with E-state index in [1.807, 2.05) is 0 Å². The van der Waals surface area contributed by atoms with Gasteiger partial charge in [-0.25, -0.2) is 0 Å². The molecule has 0 aromatic carbocycles. The number of hydrogen-bond donors (Lipinski definition) is 2. The van der Waals surface area contributed by atoms with Crippen LogP contribution in [0, 0.1) is 5.92 Å². The molecule has 1 saturated heterocycles. The molecule has 1 unspecified atom stereocenters. The van der Waals surface area contributed by atoms with Gasteiger partial charge in [0.05, 0.1) is 6.54 Å². The van der Waals surface area contributed by atoms with Crippen molar-refractivity contribution in [2.24, 2.45) is 5.92 Å². The van der Waals surface area contributed by atoms with E-state index >= 15 is 0 Å². The first-order valence-electron chi connectivity index (χ1n) is 6.30. The molecule has 1 rings (SSSR count). The van der Waals surface area contributed by atoms with Crippen molar-refractivity contribution in [2.45, 2.75) is 39.2 Å². The molecule has 0 bridgehead atoms. The molecular weight excluding hydrogens is 204 g/mol. The van der Waals surface area contributed by atoms with E-state index in [0.717, 1.165) is 39.0 Å². The van der Waals surface area contributed by atoms with Crippen molar-refractivity contribution in [1.29, 1.82) is 0 Å². The van der Waals surface area contributed by atoms with Crippen LogP contribution in [-0.4, -0.2) is 38.3 Å². The summed E-state index contributed by atoms with van der Waals surface area (Å²) < 4.78 is 5.27. The minimum absolute atomic E-state index is 0.104. The van der Waals surface area contributed by atoms with Gasteiger partial charge in [0, 0.05) is 25.8 Å². The smallest absolute Gasteiger partial charge is 0.233 e. The third-order valence-electron chi connectivity index (χ3n) is 3.15. The molecule has 1 heterocycles. The molecule has 1 aliphatic rings. The third kappa shape index (κ3) is 5.47. The Kier molecular flexibility index (Phi) is 6.42. The molecule has 94 valence electrons. The highest BCUT2D eigenvalue weighted by atomic mass is 16.5. The van der Waals surface area contributed by atoms with Gasteiger partial charge in [0.1, 0.15) is 0 Å². The van der Waals surface area contributed by atoms with Crippen molar-refractivity contribution in [1.82, 2.24) is 10.6 Å². The molecule has 0 aromatic rings. The molecule has 0 radical (unpaired) electrons. The average molecular weight is 228 g/mol. The van der Waals surface area contributed by atoms with E-state index in [9.17, 15) is 4.79 Å². The molecule has 0 aliphatic carbocycles. The van der Waals surface area contributed by atoms with Gasteiger partial charge < -0.3 is 15.4 Å². The highest BCUT2D eigenvalue weighted by molar-refractivity contribution is 5.77. The first-order chi connectivity index (χ1) is 7.72. The maximum atomic E-state index is 11.5. The van der Waals surface area contributed by atoms with Crippen molar-refractivity contribution < 1.29 is 9.53 Å². The summed E-state index contributed by atoms with van der Waals surface area (Å²) in [5.41, 5.74) is 0. The van der Waals surface area contributed by atoms with Crippen LogP contribution in [0.25, 0.3) is 0 Å². The summed E-state index contributed by atoms with van der Waals surface area (Å²) in [4.78, 5) is 11.5. The van der Waals surface area contributed by atoms with E-state index in [2.05, 4.69) is 24.5 Å². The fourth-order valence-corrected chi connectivity index (χ4v) is 1.68. The Morgan fingerprint density at radius 1 is 1.44 bits per heavy atom. The highest BCUT2D eigenvalue weighted by Gasteiger charge is 2.14. The Morgan fingerprint density at radius 2 is 2.12 bits per heavy atom. The Balaban J connectivity index is 2.05. The van der Waals surface area contributed by atoms with Crippen LogP contribution in [0.3, 0.4) is 0 Å². The molecule has 4 heteroatoms. The minimum atomic E-state index is 0.104. The van der Waals surface area contributed by atoms with E-state index in [1.165, 1.54) is 0 Å². The zero-order valence-corrected chi connectivity index (χ0v) is 10.4. The number of rotatable bonds is 6. The Hall–Kier alpha value is -0.610. The van der Waals surface area contributed by atoms with E-state index in [-0.39, 0.29) is 5.91 Å². The summed E-state index contributed by atoms with van der Waals surface area (Å²) in [6, 6.07) is 0.411. The molecule has 0 saturated carbocycles. The predicted molar refractivity (Wildman–Crippen MR) is 64.3 cm³/mol. The lowest BCUT2D eigenvalue weighted by molar-refractivity contribution is -0.120. The standard InChI is InChI=1S/C12H24N2O2/c1-3-10(2)13-9-12(15)14-8-11-4-6-16-7-5-11/h10-11,13H,3-9H2,1-2H3,(H,14,15). The molecule has 4 nitrogen and oxygen atoms in total. The molecule has 1 aliphatic heterocycles. The zero-order valence-electron chi connectivity index (χ0n) is 10.4. The van der Waals surface area contributed by atoms with Gasteiger partial charge >= 0.3 is 0 Å². The van der Waals surface area contributed by atoms with Gasteiger partial charge in [-0.15, -0.1) is 0 Å². The van der Waals surface area contributed by atoms with Gasteiger partial charge in [-0.2, -0.15) is 0 Å². The van der Waals surface area contributed by atoms with Crippen molar-refractivity contribution in [3.05, 3.63) is 0 Å². The summed E-state index contributed by atoms with van der Waals surface area (Å²) in [7, 11) is 0. The maximum absolute atomic E-state index is 11.5. The van der Waals surface area contributed by atoms with Gasteiger partial charge in [-0.3, -0.25) is 4.79 Å². The van der Waals surface area contributed by atoms with E-state index in [4.69, 9.17) is 4.74 Å². The second-order valence-electron chi connectivity index (χ2n) is 4.55. The molecule has 1 fully saturated rings. The van der Waals surface area contributed by atoms with E-state index in [1.54, 1.807) is 0 Å². The maximum Gasteiger partial charge on any atom is 0.233 e. The molecule has 1 atom stereocenters. The first kappa shape index (κ1) is 13.5. The Bertz CT molecular complexity index is 203. The van der Waals surface area contributed by atoms with Gasteiger partial charge in [-0.05, 0) is 32.1 Å². The van der Waals surface area contributed by atoms with Crippen LogP contribution < -0.4 is 10.6 Å². The van der Waals surface area contributed by atoms with Gasteiger partial charge in [0.2, 0.25) is 5.91 Å². The lowest BCUT2D eigenvalue weighted by atomic mass is 10.0. The number of hydrogen-bond acceptors (Lipinski definition) is 3. The average Bonchev–Trinajstić information content (AvgIpc) is 2.34. The third-order valence-corrected chi connectivity index (χ3v) is 3.15. The molecule has 2 N–H and O–H groups in total. The monoisotopic (exact) mass is 228 g/mol. The summed E-state index contributed by atoms with van der Waals surface area (Å²) >= 11 is 0. The summed E-state index contributed by atoms with van der Waals surface area (Å²) in [6.45, 7) is 7.10. The lowest BCUT2D eigenvalue weighted by Crippen LogP contribution is -2.40. The normalized spacial score (nSPS) is 19.4. The van der Waals surface area contributed by atoms with Crippen molar-refractivity contribution in [3.63, 3.8) is 0 Å². The molecular formula is C12H24N2O2. The quantitative estimate of drug-likeness (QED) is 0.710. The molecule has 0 aromatic heterocycles. The number of ether oxygens (including phenoxy) is 1. The Morgan fingerprint density at radius 3 is 2.75 bits per heavy atom. The second kappa shape index (κ2) is 7.63. The fourth-order valence-electron chi connectivity index (χ4n) is 1.68. The van der Waals surface area contributed by atoms with Crippen LogP contribution in [-0.2, 0) is 9.53 Å². The van der Waals surface area contributed by atoms with Crippen LogP contribution in [0.15, 0.2) is 0 Å². The first-order valence-corrected chi connectivity index (χ1v) is 6.30. The topological polar surface area (TPSA) is 50.4 Å². The van der Waals surface area contributed by atoms with Crippen LogP contribution in [0.4, 0.5) is 0 Å². The van der Waals surface area contributed by atoms with Gasteiger partial charge in [0.15, 0.2) is 0 Å². The number of carbonyl (C=O) groups excluding carboxylic acids is 1. The summed E-state index contributed by atoms with van der Waals surface area (Å²) in [5.74, 6) is 0.702. The molecule has 1 amide bonds. The Labute approximate surface area is 98.1 Å². The minimum Gasteiger partial charge on any atom is -0.381 e. The number of amides is 1. The van der Waals surface area contributed by atoms with Gasteiger partial charge in [-0.1, -0.05) is 6.92 Å². The predicted octanol–water partition coefficient (Wildman–Crippen LogP) is 0.917. The molecule has 0 spiro atoms. The van der Waals surface area contributed by atoms with Crippen LogP contribution >= 0.6 is 0 Å². The fraction of sp³-hybridized carbons (Fsp3) is 0.917. The van der Waals surface area contributed by atoms with Gasteiger partial charge in [0.25, 0.3) is 0 Å². The lowest BCUT2D eigenvalue weighted by Gasteiger charge is -2.22.